The summed E-state index contributed by atoms with van der Waals surface area (Å²) in [5.74, 6) is 0.700. The van der Waals surface area contributed by atoms with Gasteiger partial charge in [-0.3, -0.25) is 0 Å². The van der Waals surface area contributed by atoms with Gasteiger partial charge in [0.25, 0.3) is 0 Å². The molecule has 0 radical (unpaired) electrons. The average molecular weight is 256 g/mol. The number of rotatable bonds is 2. The molecule has 1 unspecified atom stereocenters. The first-order valence-corrected chi connectivity index (χ1v) is 7.26. The molecule has 0 aromatic rings. The molecule has 18 heavy (non-hydrogen) atoms. The molecule has 0 bridgehead atoms. The summed E-state index contributed by atoms with van der Waals surface area (Å²) in [5, 5.41) is 9.12. The molecule has 106 valence electrons. The second-order valence-corrected chi connectivity index (χ2v) is 7.61. The average Bonchev–Trinajstić information content (AvgIpc) is 2.55. The Kier molecular flexibility index (Phi) is 3.79. The van der Waals surface area contributed by atoms with Gasteiger partial charge in [0.15, 0.2) is 0 Å². The summed E-state index contributed by atoms with van der Waals surface area (Å²) in [7, 11) is 0. The van der Waals surface area contributed by atoms with Gasteiger partial charge in [-0.15, -0.1) is 0 Å². The third kappa shape index (κ3) is 2.89. The Balaban J connectivity index is 2.05. The van der Waals surface area contributed by atoms with Gasteiger partial charge in [-0.05, 0) is 37.5 Å². The predicted molar refractivity (Wildman–Crippen MR) is 71.0 cm³/mol. The molecule has 0 aromatic heterocycles. The zero-order chi connectivity index (χ0) is 13.4. The number of hydrogen-bond acceptors (Lipinski definition) is 3. The smallest absolute Gasteiger partial charge is 0.107 e. The third-order valence-electron chi connectivity index (χ3n) is 4.78. The minimum atomic E-state index is -0.297. The van der Waals surface area contributed by atoms with Gasteiger partial charge in [-0.2, -0.15) is 0 Å². The normalized spacial score (nSPS) is 41.5. The van der Waals surface area contributed by atoms with Crippen LogP contribution in [0.4, 0.5) is 0 Å². The quantitative estimate of drug-likeness (QED) is 0.769. The van der Waals surface area contributed by atoms with Crippen molar-refractivity contribution < 1.29 is 14.9 Å². The minimum absolute atomic E-state index is 0.0971. The topological polar surface area (TPSA) is 38.7 Å². The molecule has 1 N–H and O–H groups in total. The Hall–Kier alpha value is -0.120. The number of aliphatic hydroxyl groups is 1. The second kappa shape index (κ2) is 4.77. The van der Waals surface area contributed by atoms with Crippen molar-refractivity contribution >= 4 is 0 Å². The first-order chi connectivity index (χ1) is 8.29. The molecule has 1 spiro atoms. The molecule has 1 saturated carbocycles. The van der Waals surface area contributed by atoms with Crippen molar-refractivity contribution in [1.82, 2.24) is 0 Å². The Morgan fingerprint density at radius 3 is 2.61 bits per heavy atom. The zero-order valence-corrected chi connectivity index (χ0v) is 12.3. The van der Waals surface area contributed by atoms with Gasteiger partial charge in [-0.1, -0.05) is 27.2 Å². The van der Waals surface area contributed by atoms with E-state index in [1.165, 1.54) is 12.8 Å². The Morgan fingerprint density at radius 2 is 2.00 bits per heavy atom. The van der Waals surface area contributed by atoms with Gasteiger partial charge in [0.1, 0.15) is 11.2 Å². The lowest BCUT2D eigenvalue weighted by Gasteiger charge is -2.41. The molecule has 2 aliphatic rings. The lowest BCUT2D eigenvalue weighted by atomic mass is 9.65. The molecule has 1 aliphatic heterocycles. The van der Waals surface area contributed by atoms with Crippen molar-refractivity contribution in [3.8, 4) is 0 Å². The van der Waals surface area contributed by atoms with E-state index in [-0.39, 0.29) is 17.8 Å². The van der Waals surface area contributed by atoms with Crippen LogP contribution in [0.15, 0.2) is 0 Å². The molecule has 1 aliphatic carbocycles. The van der Waals surface area contributed by atoms with Crippen molar-refractivity contribution in [2.24, 2.45) is 11.3 Å². The van der Waals surface area contributed by atoms with Gasteiger partial charge >= 0.3 is 0 Å². The highest BCUT2D eigenvalue weighted by Crippen LogP contribution is 2.51. The molecule has 0 amide bonds. The van der Waals surface area contributed by atoms with E-state index in [9.17, 15) is 0 Å². The second-order valence-electron chi connectivity index (χ2n) is 7.61. The van der Waals surface area contributed by atoms with Crippen LogP contribution >= 0.6 is 0 Å². The van der Waals surface area contributed by atoms with Gasteiger partial charge in [-0.25, -0.2) is 9.78 Å². The van der Waals surface area contributed by atoms with Crippen LogP contribution in [0.1, 0.15) is 66.2 Å². The molecule has 3 atom stereocenters. The summed E-state index contributed by atoms with van der Waals surface area (Å²) in [4.78, 5) is 11.3. The highest BCUT2D eigenvalue weighted by atomic mass is 17.2. The van der Waals surface area contributed by atoms with Crippen molar-refractivity contribution in [2.45, 2.75) is 77.4 Å². The van der Waals surface area contributed by atoms with E-state index in [4.69, 9.17) is 14.9 Å². The van der Waals surface area contributed by atoms with Crippen molar-refractivity contribution in [2.75, 3.05) is 6.61 Å². The van der Waals surface area contributed by atoms with Crippen LogP contribution in [0.2, 0.25) is 0 Å². The van der Waals surface area contributed by atoms with E-state index < -0.39 is 0 Å². The lowest BCUT2D eigenvalue weighted by Crippen LogP contribution is -2.40. The Morgan fingerprint density at radius 1 is 1.28 bits per heavy atom. The molecule has 2 fully saturated rings. The molecule has 1 saturated heterocycles. The van der Waals surface area contributed by atoms with E-state index in [0.717, 1.165) is 19.3 Å². The van der Waals surface area contributed by atoms with Crippen LogP contribution in [0.3, 0.4) is 0 Å². The predicted octanol–water partition coefficient (Wildman–Crippen LogP) is 3.45. The summed E-state index contributed by atoms with van der Waals surface area (Å²) in [6.07, 6.45) is 6.30. The molecule has 1 heterocycles. The minimum Gasteiger partial charge on any atom is -0.396 e. The summed E-state index contributed by atoms with van der Waals surface area (Å²) < 4.78 is 0. The SMILES string of the molecule is CC1(CCO)C[C@]2(CCC[C@@H](C(C)(C)C)C2)OO1. The first-order valence-electron chi connectivity index (χ1n) is 7.26. The highest BCUT2D eigenvalue weighted by Gasteiger charge is 2.52. The molecule has 2 rings (SSSR count). The molecular formula is C15H28O3. The van der Waals surface area contributed by atoms with Crippen molar-refractivity contribution in [1.29, 1.82) is 0 Å². The Bertz CT molecular complexity index is 297. The fourth-order valence-corrected chi connectivity index (χ4v) is 3.60. The summed E-state index contributed by atoms with van der Waals surface area (Å²) >= 11 is 0. The van der Waals surface area contributed by atoms with Gasteiger partial charge in [0, 0.05) is 19.4 Å². The molecule has 3 nitrogen and oxygen atoms in total. The fraction of sp³-hybridized carbons (Fsp3) is 1.00. The Labute approximate surface area is 111 Å². The van der Waals surface area contributed by atoms with Gasteiger partial charge in [0.2, 0.25) is 0 Å². The fourth-order valence-electron chi connectivity index (χ4n) is 3.60. The van der Waals surface area contributed by atoms with Crippen LogP contribution in [0, 0.1) is 11.3 Å². The van der Waals surface area contributed by atoms with Crippen LogP contribution in [-0.2, 0) is 9.78 Å². The zero-order valence-electron chi connectivity index (χ0n) is 12.3. The summed E-state index contributed by atoms with van der Waals surface area (Å²) in [6, 6.07) is 0. The van der Waals surface area contributed by atoms with Gasteiger partial charge < -0.3 is 5.11 Å². The maximum absolute atomic E-state index is 9.12. The number of hydrogen-bond donors (Lipinski definition) is 1. The molecular weight excluding hydrogens is 228 g/mol. The van der Waals surface area contributed by atoms with Crippen LogP contribution in [0.5, 0.6) is 0 Å². The maximum Gasteiger partial charge on any atom is 0.107 e. The van der Waals surface area contributed by atoms with Crippen LogP contribution in [0.25, 0.3) is 0 Å². The largest absolute Gasteiger partial charge is 0.396 e. The van der Waals surface area contributed by atoms with E-state index in [0.29, 0.717) is 17.8 Å². The van der Waals surface area contributed by atoms with E-state index in [2.05, 4.69) is 27.7 Å². The summed E-state index contributed by atoms with van der Waals surface area (Å²) in [6.45, 7) is 9.18. The van der Waals surface area contributed by atoms with E-state index in [1.54, 1.807) is 0 Å². The van der Waals surface area contributed by atoms with Crippen LogP contribution in [-0.4, -0.2) is 22.9 Å². The third-order valence-corrected chi connectivity index (χ3v) is 4.78. The first kappa shape index (κ1) is 14.3. The van der Waals surface area contributed by atoms with E-state index >= 15 is 0 Å². The summed E-state index contributed by atoms with van der Waals surface area (Å²) in [5.41, 5.74) is -0.0542. The molecule has 3 heteroatoms. The van der Waals surface area contributed by atoms with Crippen molar-refractivity contribution in [3.63, 3.8) is 0 Å². The molecule has 0 aromatic carbocycles. The number of aliphatic hydroxyl groups excluding tert-OH is 1. The van der Waals surface area contributed by atoms with Crippen molar-refractivity contribution in [3.05, 3.63) is 0 Å². The van der Waals surface area contributed by atoms with Crippen LogP contribution < -0.4 is 0 Å². The highest BCUT2D eigenvalue weighted by molar-refractivity contribution is 4.98. The standard InChI is InChI=1S/C15H28O3/c1-13(2,3)12-6-5-7-15(10-12)11-14(4,8-9-16)17-18-15/h12,16H,5-11H2,1-4H3/t12-,14?,15-/m1/s1. The van der Waals surface area contributed by atoms with Gasteiger partial charge in [0.05, 0.1) is 0 Å². The maximum atomic E-state index is 9.12. The van der Waals surface area contributed by atoms with E-state index in [1.807, 2.05) is 0 Å². The monoisotopic (exact) mass is 256 g/mol. The lowest BCUT2D eigenvalue weighted by molar-refractivity contribution is -0.355.